The Balaban J connectivity index is 1.94. The Morgan fingerprint density at radius 2 is 1.05 bits per heavy atom. The molecule has 0 spiro atoms. The second-order valence-electron chi connectivity index (χ2n) is 8.68. The fourth-order valence-corrected chi connectivity index (χ4v) is 6.72. The maximum absolute atomic E-state index is 6.75. The molecule has 0 N–H and O–H groups in total. The fourth-order valence-electron chi connectivity index (χ4n) is 4.02. The van der Waals surface area contributed by atoms with E-state index in [1.165, 1.54) is 0 Å². The molecule has 3 atom stereocenters. The van der Waals surface area contributed by atoms with Gasteiger partial charge in [0.15, 0.2) is 0 Å². The second-order valence-corrected chi connectivity index (χ2v) is 11.8. The molecular weight excluding hydrogens is 508 g/mol. The van der Waals surface area contributed by atoms with Crippen molar-refractivity contribution in [3.63, 3.8) is 0 Å². The van der Waals surface area contributed by atoms with Crippen molar-refractivity contribution in [3.05, 3.63) is 132 Å². The van der Waals surface area contributed by atoms with Crippen LogP contribution in [0.2, 0.25) is 0 Å². The first-order valence-corrected chi connectivity index (χ1v) is 15.3. The Hall–Kier alpha value is -2.28. The summed E-state index contributed by atoms with van der Waals surface area (Å²) in [5.74, 6) is 1.98. The summed E-state index contributed by atoms with van der Waals surface area (Å²) in [6.45, 7) is 9.76. The summed E-state index contributed by atoms with van der Waals surface area (Å²) in [6, 6.07) is 30.9. The van der Waals surface area contributed by atoms with Crippen LogP contribution in [0.5, 0.6) is 0 Å². The van der Waals surface area contributed by atoms with Gasteiger partial charge in [-0.15, -0.1) is 23.5 Å². The maximum atomic E-state index is 6.75. The Kier molecular flexibility index (Phi) is 14.4. The molecule has 0 aliphatic carbocycles. The number of hydrogen-bond donors (Lipinski definition) is 0. The molecule has 3 rings (SSSR count). The minimum absolute atomic E-state index is 0.189. The highest BCUT2D eigenvalue weighted by molar-refractivity contribution is 8.17. The van der Waals surface area contributed by atoms with E-state index in [4.69, 9.17) is 14.2 Å². The Labute approximate surface area is 237 Å². The van der Waals surface area contributed by atoms with E-state index in [0.29, 0.717) is 19.8 Å². The number of ether oxygens (including phenoxy) is 3. The lowest BCUT2D eigenvalue weighted by atomic mass is 10.1. The predicted octanol–water partition coefficient (Wildman–Crippen LogP) is 8.32. The normalized spacial score (nSPS) is 14.0. The smallest absolute Gasteiger partial charge is 0.116 e. The largest absolute Gasteiger partial charge is 0.369 e. The van der Waals surface area contributed by atoms with Crippen LogP contribution in [0.1, 0.15) is 30.5 Å². The zero-order valence-corrected chi connectivity index (χ0v) is 24.1. The van der Waals surface area contributed by atoms with Gasteiger partial charge in [-0.25, -0.2) is 0 Å². The first-order chi connectivity index (χ1) is 18.7. The lowest BCUT2D eigenvalue weighted by molar-refractivity contribution is -0.133. The molecule has 0 saturated carbocycles. The summed E-state index contributed by atoms with van der Waals surface area (Å²) in [4.78, 5) is 0. The molecule has 0 radical (unpaired) electrons. The van der Waals surface area contributed by atoms with E-state index < -0.39 is 0 Å². The summed E-state index contributed by atoms with van der Waals surface area (Å²) in [7, 11) is 0. The van der Waals surface area contributed by atoms with E-state index >= 15 is 0 Å². The van der Waals surface area contributed by atoms with Crippen molar-refractivity contribution in [2.75, 3.05) is 11.5 Å². The molecule has 0 saturated heterocycles. The first-order valence-electron chi connectivity index (χ1n) is 13.2. The van der Waals surface area contributed by atoms with Crippen LogP contribution in [-0.4, -0.2) is 34.4 Å². The standard InChI is InChI=1S/C33H40O3S2/c1-4-7-23-30(34-24-27-17-11-8-12-18-27)31(35-25-28-19-13-9-14-20-28)32(33(37-5-2)38-6-3)36-26-29-21-15-10-16-22-29/h4,7-23,30-33H,1,5-6,24-26H2,2-3H3/b23-7-/t30-,31+,32-/m1/s1. The van der Waals surface area contributed by atoms with Crippen molar-refractivity contribution in [1.29, 1.82) is 0 Å². The van der Waals surface area contributed by atoms with Gasteiger partial charge in [-0.2, -0.15) is 0 Å². The summed E-state index contributed by atoms with van der Waals surface area (Å²) in [6.07, 6.45) is 4.92. The number of allylic oxidation sites excluding steroid dienone is 2. The second kappa shape index (κ2) is 18.1. The zero-order valence-electron chi connectivity index (χ0n) is 22.5. The molecule has 3 aromatic rings. The van der Waals surface area contributed by atoms with E-state index in [-0.39, 0.29) is 22.9 Å². The molecule has 38 heavy (non-hydrogen) atoms. The third-order valence-corrected chi connectivity index (χ3v) is 8.55. The van der Waals surface area contributed by atoms with Crippen molar-refractivity contribution < 1.29 is 14.2 Å². The lowest BCUT2D eigenvalue weighted by Gasteiger charge is -2.36. The van der Waals surface area contributed by atoms with Gasteiger partial charge in [-0.3, -0.25) is 0 Å². The number of hydrogen-bond acceptors (Lipinski definition) is 5. The molecule has 0 fully saturated rings. The van der Waals surface area contributed by atoms with E-state index in [2.05, 4.69) is 75.0 Å². The molecule has 0 unspecified atom stereocenters. The molecule has 3 aromatic carbocycles. The maximum Gasteiger partial charge on any atom is 0.116 e. The molecular formula is C33H40O3S2. The Morgan fingerprint density at radius 3 is 1.47 bits per heavy atom. The van der Waals surface area contributed by atoms with Gasteiger partial charge in [0.1, 0.15) is 18.3 Å². The van der Waals surface area contributed by atoms with Crippen LogP contribution >= 0.6 is 23.5 Å². The fraction of sp³-hybridized carbons (Fsp3) is 0.333. The van der Waals surface area contributed by atoms with Crippen molar-refractivity contribution >= 4 is 23.5 Å². The number of benzene rings is 3. The van der Waals surface area contributed by atoms with E-state index in [1.54, 1.807) is 6.08 Å². The monoisotopic (exact) mass is 548 g/mol. The number of rotatable bonds is 18. The quantitative estimate of drug-likeness (QED) is 0.118. The summed E-state index contributed by atoms with van der Waals surface area (Å²) < 4.78 is 20.2. The van der Waals surface area contributed by atoms with Crippen LogP contribution in [0, 0.1) is 0 Å². The van der Waals surface area contributed by atoms with E-state index in [1.807, 2.05) is 72.1 Å². The molecule has 0 aliphatic heterocycles. The molecule has 0 amide bonds. The third-order valence-electron chi connectivity index (χ3n) is 5.87. The minimum atomic E-state index is -0.332. The Morgan fingerprint density at radius 1 is 0.632 bits per heavy atom. The molecule has 0 aromatic heterocycles. The van der Waals surface area contributed by atoms with Crippen LogP contribution in [-0.2, 0) is 34.0 Å². The average Bonchev–Trinajstić information content (AvgIpc) is 2.97. The van der Waals surface area contributed by atoms with Gasteiger partial charge >= 0.3 is 0 Å². The van der Waals surface area contributed by atoms with Gasteiger partial charge in [-0.1, -0.05) is 130 Å². The third kappa shape index (κ3) is 10.5. The predicted molar refractivity (Wildman–Crippen MR) is 164 cm³/mol. The highest BCUT2D eigenvalue weighted by atomic mass is 32.2. The SMILES string of the molecule is C=C/C=C\[C@@H](OCc1ccccc1)[C@H](OCc1ccccc1)[C@@H](OCc1ccccc1)C(SCC)SCC. The van der Waals surface area contributed by atoms with Crippen molar-refractivity contribution in [3.8, 4) is 0 Å². The van der Waals surface area contributed by atoms with Crippen LogP contribution in [0.4, 0.5) is 0 Å². The van der Waals surface area contributed by atoms with Crippen LogP contribution in [0.3, 0.4) is 0 Å². The topological polar surface area (TPSA) is 27.7 Å². The van der Waals surface area contributed by atoms with Crippen LogP contribution < -0.4 is 0 Å². The zero-order chi connectivity index (χ0) is 26.8. The molecule has 0 aliphatic rings. The van der Waals surface area contributed by atoms with Gasteiger partial charge in [-0.05, 0) is 28.2 Å². The van der Waals surface area contributed by atoms with Crippen LogP contribution in [0.25, 0.3) is 0 Å². The van der Waals surface area contributed by atoms with Crippen LogP contribution in [0.15, 0.2) is 116 Å². The minimum Gasteiger partial charge on any atom is -0.369 e. The first kappa shape index (κ1) is 30.3. The number of thioether (sulfide) groups is 2. The lowest BCUT2D eigenvalue weighted by Crippen LogP contribution is -2.46. The van der Waals surface area contributed by atoms with E-state index in [0.717, 1.165) is 28.2 Å². The van der Waals surface area contributed by atoms with Crippen molar-refractivity contribution in [2.45, 2.75) is 56.6 Å². The average molecular weight is 549 g/mol. The summed E-state index contributed by atoms with van der Waals surface area (Å²) in [5, 5.41) is 0. The molecule has 202 valence electrons. The van der Waals surface area contributed by atoms with Gasteiger partial charge in [0, 0.05) is 0 Å². The van der Waals surface area contributed by atoms with Gasteiger partial charge in [0.05, 0.1) is 24.4 Å². The van der Waals surface area contributed by atoms with Crippen molar-refractivity contribution in [1.82, 2.24) is 0 Å². The van der Waals surface area contributed by atoms with E-state index in [9.17, 15) is 0 Å². The van der Waals surface area contributed by atoms with Gasteiger partial charge in [0.25, 0.3) is 0 Å². The summed E-state index contributed by atoms with van der Waals surface area (Å²) in [5.41, 5.74) is 3.39. The molecule has 5 heteroatoms. The Bertz CT molecular complexity index is 1040. The highest BCUT2D eigenvalue weighted by Crippen LogP contribution is 2.34. The van der Waals surface area contributed by atoms with Gasteiger partial charge in [0.2, 0.25) is 0 Å². The molecule has 0 heterocycles. The highest BCUT2D eigenvalue weighted by Gasteiger charge is 2.37. The van der Waals surface area contributed by atoms with Gasteiger partial charge < -0.3 is 14.2 Å². The molecule has 3 nitrogen and oxygen atoms in total. The van der Waals surface area contributed by atoms with Crippen molar-refractivity contribution in [2.24, 2.45) is 0 Å². The summed E-state index contributed by atoms with van der Waals surface area (Å²) >= 11 is 3.82. The molecule has 0 bridgehead atoms.